The summed E-state index contributed by atoms with van der Waals surface area (Å²) in [4.78, 5) is 0. The molecule has 0 aliphatic rings. The van der Waals surface area contributed by atoms with Gasteiger partial charge in [-0.2, -0.15) is 0 Å². The topological polar surface area (TPSA) is 12.0 Å². The van der Waals surface area contributed by atoms with Crippen LogP contribution in [-0.2, 0) is 0 Å². The first-order valence-electron chi connectivity index (χ1n) is 5.96. The Balaban J connectivity index is 2.71. The Kier molecular flexibility index (Phi) is 4.96. The molecule has 0 atom stereocenters. The minimum Gasteiger partial charge on any atom is -0.319 e. The Morgan fingerprint density at radius 1 is 1.25 bits per heavy atom. The van der Waals surface area contributed by atoms with Crippen LogP contribution in [0.4, 0.5) is 0 Å². The minimum atomic E-state index is -1.17. The molecule has 1 N–H and O–H groups in total. The molecule has 0 unspecified atom stereocenters. The van der Waals surface area contributed by atoms with E-state index in [0.29, 0.717) is 0 Å². The third-order valence-corrected chi connectivity index (χ3v) is 4.67. The van der Waals surface area contributed by atoms with E-state index in [1.54, 1.807) is 0 Å². The molecule has 1 aromatic carbocycles. The molecule has 16 heavy (non-hydrogen) atoms. The third-order valence-electron chi connectivity index (χ3n) is 2.62. The predicted molar refractivity (Wildman–Crippen MR) is 77.0 cm³/mol. The van der Waals surface area contributed by atoms with Gasteiger partial charge in [0.25, 0.3) is 0 Å². The Hall–Kier alpha value is -0.863. The first-order chi connectivity index (χ1) is 7.54. The molecular weight excluding hydrogens is 210 g/mol. The van der Waals surface area contributed by atoms with Crippen LogP contribution in [0.15, 0.2) is 30.3 Å². The molecule has 2 heteroatoms. The Morgan fingerprint density at radius 3 is 2.62 bits per heavy atom. The van der Waals surface area contributed by atoms with Crippen LogP contribution in [-0.4, -0.2) is 21.7 Å². The lowest BCUT2D eigenvalue weighted by Crippen LogP contribution is -2.37. The highest BCUT2D eigenvalue weighted by Gasteiger charge is 2.15. The fraction of sp³-hybridized carbons (Fsp3) is 0.429. The van der Waals surface area contributed by atoms with Gasteiger partial charge in [-0.1, -0.05) is 61.2 Å². The van der Waals surface area contributed by atoms with E-state index >= 15 is 0 Å². The highest BCUT2D eigenvalue weighted by molar-refractivity contribution is 6.88. The van der Waals surface area contributed by atoms with Crippen LogP contribution in [0.25, 0.3) is 6.08 Å². The second-order valence-corrected chi connectivity index (χ2v) is 10.2. The van der Waals surface area contributed by atoms with E-state index in [1.807, 2.05) is 7.05 Å². The molecule has 0 radical (unpaired) electrons. The zero-order valence-electron chi connectivity index (χ0n) is 10.9. The van der Waals surface area contributed by atoms with Crippen LogP contribution in [0, 0.1) is 0 Å². The molecule has 0 amide bonds. The minimum absolute atomic E-state index is 1.05. The van der Waals surface area contributed by atoms with Gasteiger partial charge in [-0.3, -0.25) is 0 Å². The first-order valence-corrected chi connectivity index (χ1v) is 9.46. The van der Waals surface area contributed by atoms with Crippen LogP contribution in [0.2, 0.25) is 19.6 Å². The van der Waals surface area contributed by atoms with Gasteiger partial charge < -0.3 is 5.32 Å². The van der Waals surface area contributed by atoms with Gasteiger partial charge in [0.1, 0.15) is 0 Å². The number of nitrogens with one attached hydrogen (secondary N) is 1. The van der Waals surface area contributed by atoms with Crippen molar-refractivity contribution in [3.05, 3.63) is 35.9 Å². The number of hydrogen-bond donors (Lipinski definition) is 1. The van der Waals surface area contributed by atoms with E-state index in [0.717, 1.165) is 13.0 Å². The second kappa shape index (κ2) is 6.02. The van der Waals surface area contributed by atoms with Gasteiger partial charge in [-0.25, -0.2) is 0 Å². The summed E-state index contributed by atoms with van der Waals surface area (Å²) in [5.74, 6) is 0. The van der Waals surface area contributed by atoms with Gasteiger partial charge in [0, 0.05) is 0 Å². The van der Waals surface area contributed by atoms with Crippen molar-refractivity contribution in [3.63, 3.8) is 0 Å². The second-order valence-electron chi connectivity index (χ2n) is 5.17. The average Bonchev–Trinajstić information content (AvgIpc) is 2.24. The third kappa shape index (κ3) is 4.33. The molecule has 0 saturated heterocycles. The van der Waals surface area contributed by atoms with Crippen molar-refractivity contribution in [2.45, 2.75) is 26.1 Å². The molecule has 0 aliphatic carbocycles. The molecule has 1 nitrogen and oxygen atoms in total. The van der Waals surface area contributed by atoms with Crippen molar-refractivity contribution in [1.82, 2.24) is 5.32 Å². The van der Waals surface area contributed by atoms with Gasteiger partial charge in [0.05, 0.1) is 8.07 Å². The number of hydrogen-bond acceptors (Lipinski definition) is 1. The summed E-state index contributed by atoms with van der Waals surface area (Å²) >= 11 is 0. The molecule has 0 spiro atoms. The highest BCUT2D eigenvalue weighted by atomic mass is 28.3. The normalized spacial score (nSPS) is 12.2. The molecule has 0 aliphatic heterocycles. The van der Waals surface area contributed by atoms with Crippen molar-refractivity contribution >= 4 is 19.3 Å². The van der Waals surface area contributed by atoms with Crippen molar-refractivity contribution in [3.8, 4) is 0 Å². The summed E-state index contributed by atoms with van der Waals surface area (Å²) in [6.45, 7) is 8.20. The highest BCUT2D eigenvalue weighted by Crippen LogP contribution is 2.06. The summed E-state index contributed by atoms with van der Waals surface area (Å²) in [5.41, 5.74) is 1.33. The lowest BCUT2D eigenvalue weighted by atomic mass is 10.2. The Morgan fingerprint density at radius 2 is 2.00 bits per heavy atom. The van der Waals surface area contributed by atoms with Crippen LogP contribution in [0.1, 0.15) is 12.0 Å². The monoisotopic (exact) mass is 233 g/mol. The van der Waals surface area contributed by atoms with Crippen LogP contribution in [0.3, 0.4) is 0 Å². The average molecular weight is 233 g/mol. The lowest BCUT2D eigenvalue weighted by Gasteiger charge is -2.16. The summed E-state index contributed by atoms with van der Waals surface area (Å²) in [5, 5.41) is 4.68. The molecule has 0 bridgehead atoms. The molecule has 1 rings (SSSR count). The van der Waals surface area contributed by atoms with Crippen LogP contribution in [0.5, 0.6) is 0 Å². The molecule has 1 aromatic rings. The van der Waals surface area contributed by atoms with Crippen LogP contribution >= 0.6 is 0 Å². The van der Waals surface area contributed by atoms with Crippen molar-refractivity contribution in [1.29, 1.82) is 0 Å². The maximum absolute atomic E-state index is 3.15. The molecule has 0 saturated carbocycles. The summed E-state index contributed by atoms with van der Waals surface area (Å²) in [7, 11) is 0.820. The SMILES string of the molecule is CNCCC=Cc1cccc([Si](C)(C)C)c1. The molecule has 0 fully saturated rings. The zero-order chi connectivity index (χ0) is 12.0. The van der Waals surface area contributed by atoms with E-state index in [2.05, 4.69) is 61.4 Å². The fourth-order valence-corrected chi connectivity index (χ4v) is 2.75. The van der Waals surface area contributed by atoms with Gasteiger partial charge in [-0.15, -0.1) is 0 Å². The predicted octanol–water partition coefficient (Wildman–Crippen LogP) is 2.85. The number of benzene rings is 1. The maximum Gasteiger partial charge on any atom is 0.0776 e. The molecule has 0 heterocycles. The van der Waals surface area contributed by atoms with E-state index in [1.165, 1.54) is 10.8 Å². The quantitative estimate of drug-likeness (QED) is 0.609. The molecule has 0 aromatic heterocycles. The molecular formula is C14H23NSi. The smallest absolute Gasteiger partial charge is 0.0776 e. The Labute approximate surface area is 101 Å². The van der Waals surface area contributed by atoms with Crippen molar-refractivity contribution in [2.75, 3.05) is 13.6 Å². The Bertz CT molecular complexity index is 350. The summed E-state index contributed by atoms with van der Waals surface area (Å²) < 4.78 is 0. The fourth-order valence-electron chi connectivity index (χ4n) is 1.56. The maximum atomic E-state index is 3.15. The van der Waals surface area contributed by atoms with Crippen molar-refractivity contribution < 1.29 is 0 Å². The summed E-state index contributed by atoms with van der Waals surface area (Å²) in [6.07, 6.45) is 5.55. The van der Waals surface area contributed by atoms with E-state index < -0.39 is 8.07 Å². The van der Waals surface area contributed by atoms with E-state index in [-0.39, 0.29) is 0 Å². The van der Waals surface area contributed by atoms with Gasteiger partial charge in [0.15, 0.2) is 0 Å². The lowest BCUT2D eigenvalue weighted by molar-refractivity contribution is 0.809. The zero-order valence-corrected chi connectivity index (χ0v) is 11.9. The van der Waals surface area contributed by atoms with Crippen LogP contribution < -0.4 is 10.5 Å². The van der Waals surface area contributed by atoms with Gasteiger partial charge in [0.2, 0.25) is 0 Å². The number of rotatable bonds is 5. The van der Waals surface area contributed by atoms with Gasteiger partial charge in [-0.05, 0) is 25.6 Å². The largest absolute Gasteiger partial charge is 0.319 e. The first kappa shape index (κ1) is 13.2. The van der Waals surface area contributed by atoms with Gasteiger partial charge >= 0.3 is 0 Å². The van der Waals surface area contributed by atoms with E-state index in [9.17, 15) is 0 Å². The summed E-state index contributed by atoms with van der Waals surface area (Å²) in [6, 6.07) is 8.95. The van der Waals surface area contributed by atoms with Crippen molar-refractivity contribution in [2.24, 2.45) is 0 Å². The molecule has 88 valence electrons. The standard InChI is InChI=1S/C14H23NSi/c1-15-11-6-5-8-13-9-7-10-14(12-13)16(2,3)4/h5,7-10,12,15H,6,11H2,1-4H3. The van der Waals surface area contributed by atoms with E-state index in [4.69, 9.17) is 0 Å².